The van der Waals surface area contributed by atoms with Crippen LogP contribution in [0, 0.1) is 5.92 Å². The molecule has 3 nitrogen and oxygen atoms in total. The lowest BCUT2D eigenvalue weighted by atomic mass is 9.98. The van der Waals surface area contributed by atoms with Gasteiger partial charge in [-0.25, -0.2) is 0 Å². The highest BCUT2D eigenvalue weighted by molar-refractivity contribution is 5.25. The average Bonchev–Trinajstić information content (AvgIpc) is 2.38. The maximum absolute atomic E-state index is 5.24. The number of methoxy groups -OCH3 is 1. The lowest BCUT2D eigenvalue weighted by Crippen LogP contribution is -2.22. The minimum atomic E-state index is 0.384. The smallest absolute Gasteiger partial charge is 0.137 e. The number of nitrogens with one attached hydrogen (secondary N) is 1. The van der Waals surface area contributed by atoms with E-state index in [1.165, 1.54) is 12.0 Å². The first kappa shape index (κ1) is 15.0. The molecule has 1 rings (SSSR count). The van der Waals surface area contributed by atoms with Crippen molar-refractivity contribution in [1.82, 2.24) is 10.3 Å². The molecule has 0 saturated carbocycles. The molecule has 0 radical (unpaired) electrons. The van der Waals surface area contributed by atoms with E-state index in [2.05, 4.69) is 37.1 Å². The Bertz CT molecular complexity index is 339. The first-order chi connectivity index (χ1) is 8.67. The standard InChI is InChI=1S/C15H26N2O/c1-5-8-17-15(7-6-12(2)3)13-9-14(18-4)11-16-10-13/h9-12,15,17H,5-8H2,1-4H3. The predicted octanol–water partition coefficient (Wildman–Crippen LogP) is 3.57. The summed E-state index contributed by atoms with van der Waals surface area (Å²) in [5.41, 5.74) is 1.23. The Hall–Kier alpha value is -1.09. The summed E-state index contributed by atoms with van der Waals surface area (Å²) in [6.45, 7) is 7.76. The first-order valence-electron chi connectivity index (χ1n) is 6.89. The van der Waals surface area contributed by atoms with Crippen LogP contribution in [0.3, 0.4) is 0 Å². The maximum Gasteiger partial charge on any atom is 0.137 e. The fourth-order valence-electron chi connectivity index (χ4n) is 1.94. The van der Waals surface area contributed by atoms with Crippen LogP contribution in [0.2, 0.25) is 0 Å². The van der Waals surface area contributed by atoms with Gasteiger partial charge in [0.1, 0.15) is 5.75 Å². The van der Waals surface area contributed by atoms with Crippen LogP contribution in [0.15, 0.2) is 18.5 Å². The van der Waals surface area contributed by atoms with Crippen LogP contribution in [0.1, 0.15) is 51.6 Å². The van der Waals surface area contributed by atoms with Gasteiger partial charge in [-0.15, -0.1) is 0 Å². The number of ether oxygens (including phenoxy) is 1. The highest BCUT2D eigenvalue weighted by Gasteiger charge is 2.12. The Morgan fingerprint density at radius 1 is 1.28 bits per heavy atom. The zero-order chi connectivity index (χ0) is 13.4. The molecule has 18 heavy (non-hydrogen) atoms. The third-order valence-electron chi connectivity index (χ3n) is 3.05. The fourth-order valence-corrected chi connectivity index (χ4v) is 1.94. The first-order valence-corrected chi connectivity index (χ1v) is 6.89. The predicted molar refractivity (Wildman–Crippen MR) is 75.9 cm³/mol. The summed E-state index contributed by atoms with van der Waals surface area (Å²) < 4.78 is 5.24. The summed E-state index contributed by atoms with van der Waals surface area (Å²) in [5.74, 6) is 1.56. The van der Waals surface area contributed by atoms with Crippen molar-refractivity contribution in [2.45, 2.75) is 46.1 Å². The quantitative estimate of drug-likeness (QED) is 0.766. The molecule has 1 aromatic rings. The van der Waals surface area contributed by atoms with Gasteiger partial charge in [-0.3, -0.25) is 4.98 Å². The lowest BCUT2D eigenvalue weighted by molar-refractivity contribution is 0.407. The maximum atomic E-state index is 5.24. The summed E-state index contributed by atoms with van der Waals surface area (Å²) in [4.78, 5) is 4.25. The van der Waals surface area contributed by atoms with Crippen molar-refractivity contribution >= 4 is 0 Å². The summed E-state index contributed by atoms with van der Waals surface area (Å²) >= 11 is 0. The van der Waals surface area contributed by atoms with Crippen molar-refractivity contribution in [2.24, 2.45) is 5.92 Å². The molecule has 1 N–H and O–H groups in total. The van der Waals surface area contributed by atoms with E-state index in [1.807, 2.05) is 6.20 Å². The number of pyridine rings is 1. The van der Waals surface area contributed by atoms with Gasteiger partial charge in [-0.1, -0.05) is 20.8 Å². The van der Waals surface area contributed by atoms with Gasteiger partial charge in [0, 0.05) is 12.2 Å². The second-order valence-corrected chi connectivity index (χ2v) is 5.14. The Balaban J connectivity index is 2.72. The summed E-state index contributed by atoms with van der Waals surface area (Å²) in [5, 5.41) is 3.60. The van der Waals surface area contributed by atoms with E-state index >= 15 is 0 Å². The molecule has 3 heteroatoms. The monoisotopic (exact) mass is 250 g/mol. The van der Waals surface area contributed by atoms with Crippen LogP contribution in [-0.4, -0.2) is 18.6 Å². The van der Waals surface area contributed by atoms with E-state index < -0.39 is 0 Å². The number of hydrogen-bond donors (Lipinski definition) is 1. The molecule has 0 saturated heterocycles. The molecule has 0 fully saturated rings. The molecule has 0 aliphatic rings. The second kappa shape index (κ2) is 8.09. The Morgan fingerprint density at radius 3 is 2.67 bits per heavy atom. The highest BCUT2D eigenvalue weighted by atomic mass is 16.5. The lowest BCUT2D eigenvalue weighted by Gasteiger charge is -2.20. The van der Waals surface area contributed by atoms with E-state index in [0.29, 0.717) is 6.04 Å². The van der Waals surface area contributed by atoms with Crippen molar-refractivity contribution in [1.29, 1.82) is 0 Å². The second-order valence-electron chi connectivity index (χ2n) is 5.14. The number of rotatable bonds is 8. The van der Waals surface area contributed by atoms with E-state index in [-0.39, 0.29) is 0 Å². The van der Waals surface area contributed by atoms with Gasteiger partial charge in [-0.2, -0.15) is 0 Å². The van der Waals surface area contributed by atoms with Gasteiger partial charge in [0.25, 0.3) is 0 Å². The fraction of sp³-hybridized carbons (Fsp3) is 0.667. The number of nitrogens with zero attached hydrogens (tertiary/aromatic N) is 1. The van der Waals surface area contributed by atoms with Crippen molar-refractivity contribution in [2.75, 3.05) is 13.7 Å². The molecule has 0 bridgehead atoms. The third-order valence-corrected chi connectivity index (χ3v) is 3.05. The number of hydrogen-bond acceptors (Lipinski definition) is 3. The van der Waals surface area contributed by atoms with Crippen LogP contribution in [0.5, 0.6) is 5.75 Å². The number of aromatic nitrogens is 1. The van der Waals surface area contributed by atoms with Crippen LogP contribution >= 0.6 is 0 Å². The third kappa shape index (κ3) is 5.05. The molecule has 1 heterocycles. The van der Waals surface area contributed by atoms with E-state index in [0.717, 1.165) is 31.1 Å². The normalized spacial score (nSPS) is 12.7. The minimum absolute atomic E-state index is 0.384. The highest BCUT2D eigenvalue weighted by Crippen LogP contribution is 2.23. The van der Waals surface area contributed by atoms with E-state index in [9.17, 15) is 0 Å². The topological polar surface area (TPSA) is 34.2 Å². The Labute approximate surface area is 111 Å². The molecule has 1 aromatic heterocycles. The van der Waals surface area contributed by atoms with Gasteiger partial charge >= 0.3 is 0 Å². The van der Waals surface area contributed by atoms with Gasteiger partial charge in [0.15, 0.2) is 0 Å². The van der Waals surface area contributed by atoms with E-state index in [1.54, 1.807) is 13.3 Å². The van der Waals surface area contributed by atoms with Crippen LogP contribution in [0.4, 0.5) is 0 Å². The van der Waals surface area contributed by atoms with Crippen molar-refractivity contribution in [3.8, 4) is 5.75 Å². The van der Waals surface area contributed by atoms with Crippen LogP contribution in [0.25, 0.3) is 0 Å². The summed E-state index contributed by atoms with van der Waals surface area (Å²) in [7, 11) is 1.68. The van der Waals surface area contributed by atoms with Gasteiger partial charge < -0.3 is 10.1 Å². The zero-order valence-electron chi connectivity index (χ0n) is 12.1. The van der Waals surface area contributed by atoms with Crippen LogP contribution < -0.4 is 10.1 Å². The van der Waals surface area contributed by atoms with Gasteiger partial charge in [0.05, 0.1) is 13.3 Å². The molecular weight excluding hydrogens is 224 g/mol. The van der Waals surface area contributed by atoms with Crippen LogP contribution in [-0.2, 0) is 0 Å². The minimum Gasteiger partial charge on any atom is -0.495 e. The largest absolute Gasteiger partial charge is 0.495 e. The van der Waals surface area contributed by atoms with Crippen molar-refractivity contribution in [3.05, 3.63) is 24.0 Å². The van der Waals surface area contributed by atoms with Crippen molar-refractivity contribution < 1.29 is 4.74 Å². The molecule has 0 aromatic carbocycles. The molecule has 1 unspecified atom stereocenters. The Morgan fingerprint density at radius 2 is 2.06 bits per heavy atom. The molecular formula is C15H26N2O. The molecule has 1 atom stereocenters. The average molecular weight is 250 g/mol. The Kier molecular flexibility index (Phi) is 6.73. The van der Waals surface area contributed by atoms with Gasteiger partial charge in [-0.05, 0) is 43.4 Å². The molecule has 0 amide bonds. The molecule has 0 aliphatic carbocycles. The van der Waals surface area contributed by atoms with Gasteiger partial charge in [0.2, 0.25) is 0 Å². The van der Waals surface area contributed by atoms with Crippen molar-refractivity contribution in [3.63, 3.8) is 0 Å². The summed E-state index contributed by atoms with van der Waals surface area (Å²) in [6.07, 6.45) is 7.21. The molecule has 102 valence electrons. The van der Waals surface area contributed by atoms with E-state index in [4.69, 9.17) is 4.74 Å². The summed E-state index contributed by atoms with van der Waals surface area (Å²) in [6, 6.07) is 2.47. The molecule has 0 spiro atoms. The molecule has 0 aliphatic heterocycles. The zero-order valence-corrected chi connectivity index (χ0v) is 12.1. The SMILES string of the molecule is CCCNC(CCC(C)C)c1cncc(OC)c1.